The summed E-state index contributed by atoms with van der Waals surface area (Å²) in [6.07, 6.45) is 0.967. The van der Waals surface area contributed by atoms with E-state index in [-0.39, 0.29) is 23.0 Å². The fourth-order valence-corrected chi connectivity index (χ4v) is 3.17. The predicted molar refractivity (Wildman–Crippen MR) is 90.4 cm³/mol. The van der Waals surface area contributed by atoms with E-state index in [4.69, 9.17) is 23.2 Å². The lowest BCUT2D eigenvalue weighted by Crippen LogP contribution is -2.50. The van der Waals surface area contributed by atoms with Crippen LogP contribution in [0.4, 0.5) is 0 Å². The first-order chi connectivity index (χ1) is 10.5. The maximum atomic E-state index is 12.1. The third-order valence-electron chi connectivity index (χ3n) is 2.94. The Morgan fingerprint density at radius 2 is 1.83 bits per heavy atom. The number of hydrogen-bond acceptors (Lipinski definition) is 4. The summed E-state index contributed by atoms with van der Waals surface area (Å²) in [5.74, 6) is -1.26. The molecule has 1 aromatic rings. The highest BCUT2D eigenvalue weighted by molar-refractivity contribution is 7.88. The molecule has 0 aliphatic heterocycles. The zero-order valence-electron chi connectivity index (χ0n) is 12.9. The third kappa shape index (κ3) is 6.47. The molecule has 0 bridgehead atoms. The van der Waals surface area contributed by atoms with Gasteiger partial charge in [0.05, 0.1) is 17.8 Å². The molecule has 128 valence electrons. The largest absolute Gasteiger partial charge is 0.347 e. The number of ketones is 1. The molecule has 1 atom stereocenters. The Hall–Kier alpha value is -1.15. The van der Waals surface area contributed by atoms with Crippen molar-refractivity contribution >= 4 is 44.9 Å². The average Bonchev–Trinajstić information content (AvgIpc) is 2.40. The lowest BCUT2D eigenvalue weighted by atomic mass is 10.0. The van der Waals surface area contributed by atoms with Crippen LogP contribution in [0.3, 0.4) is 0 Å². The van der Waals surface area contributed by atoms with E-state index in [1.165, 1.54) is 18.2 Å². The van der Waals surface area contributed by atoms with Gasteiger partial charge in [0.25, 0.3) is 0 Å². The molecule has 1 aromatic carbocycles. The van der Waals surface area contributed by atoms with Crippen LogP contribution in [0.15, 0.2) is 18.2 Å². The van der Waals surface area contributed by atoms with Crippen LogP contribution in [0.2, 0.25) is 10.0 Å². The molecule has 9 heteroatoms. The summed E-state index contributed by atoms with van der Waals surface area (Å²) < 4.78 is 24.8. The van der Waals surface area contributed by atoms with Gasteiger partial charge in [-0.25, -0.2) is 13.1 Å². The summed E-state index contributed by atoms with van der Waals surface area (Å²) in [7, 11) is -3.55. The number of benzene rings is 1. The smallest absolute Gasteiger partial charge is 0.238 e. The first kappa shape index (κ1) is 19.9. The van der Waals surface area contributed by atoms with Crippen molar-refractivity contribution in [2.24, 2.45) is 5.92 Å². The van der Waals surface area contributed by atoms with Crippen molar-refractivity contribution in [1.29, 1.82) is 0 Å². The molecule has 2 N–H and O–H groups in total. The van der Waals surface area contributed by atoms with E-state index in [0.29, 0.717) is 5.02 Å². The van der Waals surface area contributed by atoms with Crippen LogP contribution >= 0.6 is 23.2 Å². The van der Waals surface area contributed by atoms with Gasteiger partial charge in [-0.15, -0.1) is 0 Å². The fourth-order valence-electron chi connectivity index (χ4n) is 1.81. The number of hydrogen-bond donors (Lipinski definition) is 2. The van der Waals surface area contributed by atoms with Crippen molar-refractivity contribution < 1.29 is 18.0 Å². The topological polar surface area (TPSA) is 92.3 Å². The van der Waals surface area contributed by atoms with Crippen LogP contribution in [0.25, 0.3) is 0 Å². The van der Waals surface area contributed by atoms with E-state index in [1.807, 2.05) is 0 Å². The standard InChI is InChI=1S/C14H18Cl2N2O4S/c1-8(2)13(18-23(3,21)22)14(20)17-7-12(19)10-5-4-9(15)6-11(10)16/h4-6,8,13,18H,7H2,1-3H3,(H,17,20). The van der Waals surface area contributed by atoms with Gasteiger partial charge in [0.15, 0.2) is 5.78 Å². The van der Waals surface area contributed by atoms with E-state index < -0.39 is 27.8 Å². The van der Waals surface area contributed by atoms with Crippen molar-refractivity contribution in [2.75, 3.05) is 12.8 Å². The SMILES string of the molecule is CC(C)C(NS(C)(=O)=O)C(=O)NCC(=O)c1ccc(Cl)cc1Cl. The number of amides is 1. The molecule has 1 unspecified atom stereocenters. The number of rotatable bonds is 7. The van der Waals surface area contributed by atoms with Gasteiger partial charge in [0.1, 0.15) is 6.04 Å². The number of nitrogens with one attached hydrogen (secondary N) is 2. The lowest BCUT2D eigenvalue weighted by Gasteiger charge is -2.20. The van der Waals surface area contributed by atoms with Crippen LogP contribution < -0.4 is 10.0 Å². The van der Waals surface area contributed by atoms with Gasteiger partial charge in [-0.2, -0.15) is 0 Å². The van der Waals surface area contributed by atoms with Gasteiger partial charge in [0, 0.05) is 10.6 Å². The normalized spacial score (nSPS) is 13.0. The van der Waals surface area contributed by atoms with E-state index in [0.717, 1.165) is 6.26 Å². The number of carbonyl (C=O) groups excluding carboxylic acids is 2. The second kappa shape index (κ2) is 8.10. The molecule has 0 aliphatic rings. The third-order valence-corrected chi connectivity index (χ3v) is 4.17. The van der Waals surface area contributed by atoms with Crippen molar-refractivity contribution in [3.05, 3.63) is 33.8 Å². The molecule has 0 saturated carbocycles. The van der Waals surface area contributed by atoms with E-state index in [1.54, 1.807) is 13.8 Å². The molecule has 0 aliphatic carbocycles. The summed E-state index contributed by atoms with van der Waals surface area (Å²) >= 11 is 11.7. The van der Waals surface area contributed by atoms with Crippen molar-refractivity contribution in [1.82, 2.24) is 10.0 Å². The Bertz CT molecular complexity index is 705. The Morgan fingerprint density at radius 3 is 2.30 bits per heavy atom. The summed E-state index contributed by atoms with van der Waals surface area (Å²) in [4.78, 5) is 24.2. The summed E-state index contributed by atoms with van der Waals surface area (Å²) in [6.45, 7) is 3.09. The monoisotopic (exact) mass is 380 g/mol. The second-order valence-corrected chi connectivity index (χ2v) is 8.00. The number of halogens is 2. The van der Waals surface area contributed by atoms with Crippen LogP contribution in [0.1, 0.15) is 24.2 Å². The van der Waals surface area contributed by atoms with Gasteiger partial charge in [-0.1, -0.05) is 37.0 Å². The Morgan fingerprint density at radius 1 is 1.22 bits per heavy atom. The minimum absolute atomic E-state index is 0.186. The minimum Gasteiger partial charge on any atom is -0.347 e. The van der Waals surface area contributed by atoms with E-state index in [2.05, 4.69) is 10.0 Å². The average molecular weight is 381 g/mol. The summed E-state index contributed by atoms with van der Waals surface area (Å²) in [5, 5.41) is 3.00. The molecule has 0 heterocycles. The first-order valence-corrected chi connectivity index (χ1v) is 9.39. The predicted octanol–water partition coefficient (Wildman–Crippen LogP) is 1.87. The molecule has 0 fully saturated rings. The van der Waals surface area contributed by atoms with Crippen LogP contribution in [-0.4, -0.2) is 39.0 Å². The highest BCUT2D eigenvalue weighted by Gasteiger charge is 2.25. The molecule has 1 amide bonds. The molecule has 23 heavy (non-hydrogen) atoms. The van der Waals surface area contributed by atoms with Crippen molar-refractivity contribution in [3.63, 3.8) is 0 Å². The quantitative estimate of drug-likeness (QED) is 0.706. The van der Waals surface area contributed by atoms with Crippen molar-refractivity contribution in [2.45, 2.75) is 19.9 Å². The summed E-state index contributed by atoms with van der Waals surface area (Å²) in [6, 6.07) is 3.46. The highest BCUT2D eigenvalue weighted by Crippen LogP contribution is 2.21. The Balaban J connectivity index is 2.75. The van der Waals surface area contributed by atoms with E-state index in [9.17, 15) is 18.0 Å². The van der Waals surface area contributed by atoms with Crippen LogP contribution in [0.5, 0.6) is 0 Å². The highest BCUT2D eigenvalue weighted by atomic mass is 35.5. The Labute approximate surface area is 145 Å². The molecular weight excluding hydrogens is 363 g/mol. The van der Waals surface area contributed by atoms with Crippen LogP contribution in [-0.2, 0) is 14.8 Å². The number of Topliss-reactive ketones (excluding diaryl/α,β-unsaturated/α-hetero) is 1. The van der Waals surface area contributed by atoms with Gasteiger partial charge in [0.2, 0.25) is 15.9 Å². The maximum Gasteiger partial charge on any atom is 0.238 e. The zero-order valence-corrected chi connectivity index (χ0v) is 15.2. The molecule has 1 rings (SSSR count). The molecule has 6 nitrogen and oxygen atoms in total. The summed E-state index contributed by atoms with van der Waals surface area (Å²) in [5.41, 5.74) is 0.230. The van der Waals surface area contributed by atoms with Gasteiger partial charge < -0.3 is 5.32 Å². The minimum atomic E-state index is -3.55. The maximum absolute atomic E-state index is 12.1. The number of carbonyl (C=O) groups is 2. The molecule has 0 spiro atoms. The van der Waals surface area contributed by atoms with Crippen molar-refractivity contribution in [3.8, 4) is 0 Å². The van der Waals surface area contributed by atoms with Gasteiger partial charge in [-0.3, -0.25) is 9.59 Å². The molecular formula is C14H18Cl2N2O4S. The van der Waals surface area contributed by atoms with Gasteiger partial charge in [-0.05, 0) is 24.1 Å². The second-order valence-electron chi connectivity index (χ2n) is 5.38. The molecule has 0 saturated heterocycles. The lowest BCUT2D eigenvalue weighted by molar-refractivity contribution is -0.123. The fraction of sp³-hybridized carbons (Fsp3) is 0.429. The zero-order chi connectivity index (χ0) is 17.8. The van der Waals surface area contributed by atoms with Gasteiger partial charge >= 0.3 is 0 Å². The molecule has 0 radical (unpaired) electrons. The Kier molecular flexibility index (Phi) is 7.01. The number of sulfonamides is 1. The first-order valence-electron chi connectivity index (χ1n) is 6.74. The van der Waals surface area contributed by atoms with E-state index >= 15 is 0 Å². The molecule has 0 aromatic heterocycles. The van der Waals surface area contributed by atoms with Crippen LogP contribution in [0, 0.1) is 5.92 Å².